The molecule has 0 amide bonds. The summed E-state index contributed by atoms with van der Waals surface area (Å²) in [6, 6.07) is 4.16. The molecule has 0 bridgehead atoms. The molecule has 1 aromatic carbocycles. The Morgan fingerprint density at radius 2 is 1.25 bits per heavy atom. The van der Waals surface area contributed by atoms with E-state index < -0.39 is 22.5 Å². The van der Waals surface area contributed by atoms with Crippen molar-refractivity contribution in [2.24, 2.45) is 0 Å². The smallest absolute Gasteiger partial charge is 0.365 e. The van der Waals surface area contributed by atoms with Gasteiger partial charge in [0, 0.05) is 5.39 Å². The van der Waals surface area contributed by atoms with Gasteiger partial charge in [0.05, 0.1) is 21.7 Å². The number of nitrogens with zero attached hydrogens (tertiary/aromatic N) is 1. The molecule has 0 aliphatic heterocycles. The molecule has 0 fully saturated rings. The van der Waals surface area contributed by atoms with Crippen molar-refractivity contribution in [3.05, 3.63) is 59.9 Å². The summed E-state index contributed by atoms with van der Waals surface area (Å²) in [5.41, 5.74) is -2.90. The molecule has 7 heteroatoms. The van der Waals surface area contributed by atoms with Crippen LogP contribution >= 0.6 is 0 Å². The van der Waals surface area contributed by atoms with Crippen LogP contribution in [0.3, 0.4) is 0 Å². The SMILES string of the molecule is O=c1oc(=O)c2cc3nc4c(=O)oc(=O)c4cc3cc12. The number of fused-ring (bicyclic) bond motifs is 3. The van der Waals surface area contributed by atoms with E-state index >= 15 is 0 Å². The van der Waals surface area contributed by atoms with Crippen LogP contribution in [0.15, 0.2) is 46.2 Å². The first-order valence-electron chi connectivity index (χ1n) is 5.56. The molecule has 20 heavy (non-hydrogen) atoms. The zero-order chi connectivity index (χ0) is 14.0. The summed E-state index contributed by atoms with van der Waals surface area (Å²) >= 11 is 0. The molecule has 96 valence electrons. The van der Waals surface area contributed by atoms with E-state index in [1.54, 1.807) is 0 Å². The molecule has 3 aromatic heterocycles. The van der Waals surface area contributed by atoms with E-state index in [0.29, 0.717) is 10.9 Å². The minimum absolute atomic E-state index is 0.0418. The summed E-state index contributed by atoms with van der Waals surface area (Å²) in [5, 5.41) is 0.690. The molecule has 0 radical (unpaired) electrons. The molecule has 0 saturated heterocycles. The highest BCUT2D eigenvalue weighted by molar-refractivity contribution is 6.00. The first kappa shape index (κ1) is 10.8. The number of hydrogen-bond donors (Lipinski definition) is 0. The topological polar surface area (TPSA) is 107 Å². The van der Waals surface area contributed by atoms with Crippen molar-refractivity contribution >= 4 is 32.6 Å². The largest absolute Gasteiger partial charge is 0.386 e. The standard InChI is InChI=1S/C13H3NO6/c15-10-5-1-4-2-7-9(13(18)20-12(7)17)14-8(4)3-6(5)11(16)19-10/h1-3H. The van der Waals surface area contributed by atoms with Crippen molar-refractivity contribution in [3.8, 4) is 0 Å². The second-order valence-electron chi connectivity index (χ2n) is 4.33. The number of hydrogen-bond acceptors (Lipinski definition) is 7. The Bertz CT molecular complexity index is 1030. The van der Waals surface area contributed by atoms with E-state index in [9.17, 15) is 19.2 Å². The van der Waals surface area contributed by atoms with Crippen LogP contribution < -0.4 is 22.5 Å². The maximum Gasteiger partial charge on any atom is 0.365 e. The Hall–Kier alpha value is -3.09. The molecular formula is C13H3NO6. The van der Waals surface area contributed by atoms with Crippen LogP contribution in [-0.2, 0) is 0 Å². The summed E-state index contributed by atoms with van der Waals surface area (Å²) in [6.45, 7) is 0. The lowest BCUT2D eigenvalue weighted by Gasteiger charge is -1.95. The molecule has 0 atom stereocenters. The van der Waals surface area contributed by atoms with Crippen molar-refractivity contribution in [3.63, 3.8) is 0 Å². The quantitative estimate of drug-likeness (QED) is 0.443. The van der Waals surface area contributed by atoms with Gasteiger partial charge in [-0.25, -0.2) is 24.2 Å². The van der Waals surface area contributed by atoms with Crippen LogP contribution in [0.1, 0.15) is 0 Å². The third-order valence-electron chi connectivity index (χ3n) is 3.18. The number of aromatic nitrogens is 1. The minimum atomic E-state index is -0.828. The van der Waals surface area contributed by atoms with E-state index in [1.807, 2.05) is 0 Å². The molecular weight excluding hydrogens is 266 g/mol. The van der Waals surface area contributed by atoms with E-state index in [1.165, 1.54) is 18.2 Å². The van der Waals surface area contributed by atoms with Crippen LogP contribution in [0.25, 0.3) is 32.6 Å². The van der Waals surface area contributed by atoms with E-state index in [2.05, 4.69) is 13.8 Å². The first-order valence-corrected chi connectivity index (χ1v) is 5.56. The Balaban J connectivity index is 2.34. The van der Waals surface area contributed by atoms with Gasteiger partial charge in [0.2, 0.25) is 0 Å². The van der Waals surface area contributed by atoms with Crippen LogP contribution in [0.4, 0.5) is 0 Å². The summed E-state index contributed by atoms with van der Waals surface area (Å²) in [4.78, 5) is 49.8. The second-order valence-corrected chi connectivity index (χ2v) is 4.33. The van der Waals surface area contributed by atoms with Crippen LogP contribution in [-0.4, -0.2) is 4.98 Å². The lowest BCUT2D eigenvalue weighted by molar-refractivity contribution is 0.499. The third-order valence-corrected chi connectivity index (χ3v) is 3.18. The fourth-order valence-electron chi connectivity index (χ4n) is 2.25. The summed E-state index contributed by atoms with van der Waals surface area (Å²) in [5.74, 6) is 0. The molecule has 7 nitrogen and oxygen atoms in total. The predicted octanol–water partition coefficient (Wildman–Crippen LogP) is 0.0436. The molecule has 0 saturated carbocycles. The highest BCUT2D eigenvalue weighted by Gasteiger charge is 2.15. The average molecular weight is 269 g/mol. The lowest BCUT2D eigenvalue weighted by Crippen LogP contribution is -1.95. The molecule has 0 unspecified atom stereocenters. The molecule has 3 heterocycles. The van der Waals surface area contributed by atoms with Crippen LogP contribution in [0.5, 0.6) is 0 Å². The summed E-state index contributed by atoms with van der Waals surface area (Å²) in [7, 11) is 0. The molecule has 4 aromatic rings. The van der Waals surface area contributed by atoms with Gasteiger partial charge in [-0.15, -0.1) is 0 Å². The Labute approximate surface area is 107 Å². The third kappa shape index (κ3) is 1.21. The highest BCUT2D eigenvalue weighted by Crippen LogP contribution is 2.20. The van der Waals surface area contributed by atoms with Crippen molar-refractivity contribution in [2.45, 2.75) is 0 Å². The number of furan rings is 2. The van der Waals surface area contributed by atoms with Gasteiger partial charge in [-0.2, -0.15) is 0 Å². The minimum Gasteiger partial charge on any atom is -0.386 e. The van der Waals surface area contributed by atoms with E-state index in [4.69, 9.17) is 0 Å². The van der Waals surface area contributed by atoms with E-state index in [-0.39, 0.29) is 21.7 Å². The molecule has 0 aliphatic carbocycles. The van der Waals surface area contributed by atoms with Crippen molar-refractivity contribution in [2.75, 3.05) is 0 Å². The van der Waals surface area contributed by atoms with Crippen LogP contribution in [0.2, 0.25) is 0 Å². The van der Waals surface area contributed by atoms with Gasteiger partial charge in [-0.3, -0.25) is 0 Å². The number of pyridine rings is 1. The molecule has 0 spiro atoms. The normalized spacial score (nSPS) is 11.8. The first-order chi connectivity index (χ1) is 9.54. The lowest BCUT2D eigenvalue weighted by atomic mass is 10.1. The van der Waals surface area contributed by atoms with Crippen molar-refractivity contribution in [1.29, 1.82) is 0 Å². The monoisotopic (exact) mass is 269 g/mol. The maximum absolute atomic E-state index is 11.5. The zero-order valence-electron chi connectivity index (χ0n) is 9.63. The van der Waals surface area contributed by atoms with Gasteiger partial charge in [0.1, 0.15) is 0 Å². The van der Waals surface area contributed by atoms with Gasteiger partial charge in [-0.1, -0.05) is 0 Å². The van der Waals surface area contributed by atoms with Crippen LogP contribution in [0, 0.1) is 0 Å². The average Bonchev–Trinajstić information content (AvgIpc) is 2.84. The number of rotatable bonds is 0. The highest BCUT2D eigenvalue weighted by atomic mass is 16.4. The van der Waals surface area contributed by atoms with Gasteiger partial charge in [0.25, 0.3) is 0 Å². The van der Waals surface area contributed by atoms with Gasteiger partial charge in [0.15, 0.2) is 5.52 Å². The van der Waals surface area contributed by atoms with Gasteiger partial charge < -0.3 is 8.83 Å². The molecule has 4 rings (SSSR count). The van der Waals surface area contributed by atoms with Gasteiger partial charge in [-0.05, 0) is 18.2 Å². The second kappa shape index (κ2) is 3.27. The van der Waals surface area contributed by atoms with E-state index in [0.717, 1.165) is 0 Å². The van der Waals surface area contributed by atoms with Gasteiger partial charge >= 0.3 is 22.5 Å². The Kier molecular flexibility index (Phi) is 1.76. The Morgan fingerprint density at radius 3 is 2.00 bits per heavy atom. The molecule has 0 N–H and O–H groups in total. The van der Waals surface area contributed by atoms with Crippen molar-refractivity contribution < 1.29 is 8.83 Å². The van der Waals surface area contributed by atoms with Crippen molar-refractivity contribution in [1.82, 2.24) is 4.98 Å². The number of benzene rings is 1. The fourth-order valence-corrected chi connectivity index (χ4v) is 2.25. The summed E-state index contributed by atoms with van der Waals surface area (Å²) in [6.07, 6.45) is 0. The zero-order valence-corrected chi connectivity index (χ0v) is 9.63. The molecule has 0 aliphatic rings. The summed E-state index contributed by atoms with van der Waals surface area (Å²) < 4.78 is 8.93. The fraction of sp³-hybridized carbons (Fsp3) is 0. The predicted molar refractivity (Wildman–Crippen MR) is 68.7 cm³/mol. The maximum atomic E-state index is 11.5. The Morgan fingerprint density at radius 1 is 0.700 bits per heavy atom.